The fourth-order valence-corrected chi connectivity index (χ4v) is 2.85. The SMILES string of the molecule is CC(C)Oc1ccc([N+](=O)[O-])cc1CN1CCCCC1C(=O)O. The molecular formula is C16H22N2O5. The van der Waals surface area contributed by atoms with Crippen LogP contribution in [0.15, 0.2) is 18.2 Å². The van der Waals surface area contributed by atoms with E-state index in [1.165, 1.54) is 12.1 Å². The number of hydrogen-bond acceptors (Lipinski definition) is 5. The summed E-state index contributed by atoms with van der Waals surface area (Å²) in [7, 11) is 0. The summed E-state index contributed by atoms with van der Waals surface area (Å²) in [6.07, 6.45) is 2.36. The fourth-order valence-electron chi connectivity index (χ4n) is 2.85. The second-order valence-electron chi connectivity index (χ2n) is 6.04. The van der Waals surface area contributed by atoms with Gasteiger partial charge in [0.15, 0.2) is 0 Å². The summed E-state index contributed by atoms with van der Waals surface area (Å²) in [4.78, 5) is 23.8. The van der Waals surface area contributed by atoms with E-state index in [0.717, 1.165) is 12.8 Å². The van der Waals surface area contributed by atoms with E-state index in [-0.39, 0.29) is 11.8 Å². The highest BCUT2D eigenvalue weighted by atomic mass is 16.6. The van der Waals surface area contributed by atoms with Crippen molar-refractivity contribution in [2.45, 2.75) is 51.8 Å². The highest BCUT2D eigenvalue weighted by Gasteiger charge is 2.29. The minimum atomic E-state index is -0.846. The number of rotatable bonds is 6. The van der Waals surface area contributed by atoms with Crippen LogP contribution < -0.4 is 4.74 Å². The molecule has 0 amide bonds. The van der Waals surface area contributed by atoms with E-state index in [0.29, 0.717) is 30.8 Å². The molecule has 0 spiro atoms. The topological polar surface area (TPSA) is 92.9 Å². The number of nitrogens with zero attached hydrogens (tertiary/aromatic N) is 2. The fraction of sp³-hybridized carbons (Fsp3) is 0.562. The number of benzene rings is 1. The molecule has 0 saturated carbocycles. The number of non-ortho nitro benzene ring substituents is 1. The third kappa shape index (κ3) is 4.41. The minimum absolute atomic E-state index is 0.0139. The molecule has 126 valence electrons. The van der Waals surface area contributed by atoms with E-state index < -0.39 is 16.9 Å². The molecule has 1 aromatic carbocycles. The molecule has 23 heavy (non-hydrogen) atoms. The van der Waals surface area contributed by atoms with Crippen LogP contribution in [0.2, 0.25) is 0 Å². The van der Waals surface area contributed by atoms with Gasteiger partial charge in [-0.15, -0.1) is 0 Å². The molecule has 0 radical (unpaired) electrons. The molecule has 7 heteroatoms. The molecule has 1 aliphatic heterocycles. The van der Waals surface area contributed by atoms with E-state index in [9.17, 15) is 20.0 Å². The lowest BCUT2D eigenvalue weighted by Crippen LogP contribution is -2.44. The summed E-state index contributed by atoms with van der Waals surface area (Å²) < 4.78 is 5.72. The first-order valence-corrected chi connectivity index (χ1v) is 7.79. The molecule has 0 aliphatic carbocycles. The Morgan fingerprint density at radius 1 is 1.48 bits per heavy atom. The van der Waals surface area contributed by atoms with Crippen molar-refractivity contribution in [3.8, 4) is 5.75 Å². The van der Waals surface area contributed by atoms with Crippen LogP contribution in [0.5, 0.6) is 5.75 Å². The van der Waals surface area contributed by atoms with Gasteiger partial charge in [0, 0.05) is 24.2 Å². The maximum absolute atomic E-state index is 11.4. The molecule has 1 aromatic rings. The summed E-state index contributed by atoms with van der Waals surface area (Å²) in [5.74, 6) is -0.276. The zero-order valence-corrected chi connectivity index (χ0v) is 13.4. The van der Waals surface area contributed by atoms with Gasteiger partial charge in [0.1, 0.15) is 11.8 Å². The van der Waals surface area contributed by atoms with Gasteiger partial charge in [-0.2, -0.15) is 0 Å². The van der Waals surface area contributed by atoms with Crippen molar-refractivity contribution >= 4 is 11.7 Å². The van der Waals surface area contributed by atoms with Gasteiger partial charge in [0.2, 0.25) is 0 Å². The van der Waals surface area contributed by atoms with E-state index in [1.54, 1.807) is 6.07 Å². The van der Waals surface area contributed by atoms with Crippen molar-refractivity contribution in [2.75, 3.05) is 6.54 Å². The Bertz CT molecular complexity index is 588. The van der Waals surface area contributed by atoms with Gasteiger partial charge in [0.05, 0.1) is 11.0 Å². The predicted molar refractivity (Wildman–Crippen MR) is 84.5 cm³/mol. The number of likely N-dealkylation sites (tertiary alicyclic amines) is 1. The zero-order chi connectivity index (χ0) is 17.0. The van der Waals surface area contributed by atoms with Gasteiger partial charge in [-0.1, -0.05) is 6.42 Å². The van der Waals surface area contributed by atoms with Crippen molar-refractivity contribution in [3.63, 3.8) is 0 Å². The predicted octanol–water partition coefficient (Wildman–Crippen LogP) is 2.82. The Morgan fingerprint density at radius 3 is 2.83 bits per heavy atom. The van der Waals surface area contributed by atoms with Crippen molar-refractivity contribution < 1.29 is 19.6 Å². The van der Waals surface area contributed by atoms with Crippen molar-refractivity contribution in [1.29, 1.82) is 0 Å². The molecule has 1 aliphatic rings. The number of nitro benzene ring substituents is 1. The van der Waals surface area contributed by atoms with E-state index in [2.05, 4.69) is 0 Å². The molecule has 2 rings (SSSR count). The Balaban J connectivity index is 2.29. The maximum atomic E-state index is 11.4. The van der Waals surface area contributed by atoms with Crippen LogP contribution in [0.1, 0.15) is 38.7 Å². The third-order valence-electron chi connectivity index (χ3n) is 3.89. The molecular weight excluding hydrogens is 300 g/mol. The standard InChI is InChI=1S/C16H22N2O5/c1-11(2)23-15-7-6-13(18(21)22)9-12(15)10-17-8-4-3-5-14(17)16(19)20/h6-7,9,11,14H,3-5,8,10H2,1-2H3,(H,19,20). The van der Waals surface area contributed by atoms with Crippen LogP contribution in [0.25, 0.3) is 0 Å². The van der Waals surface area contributed by atoms with Crippen LogP contribution in [0.4, 0.5) is 5.69 Å². The molecule has 0 bridgehead atoms. The summed E-state index contributed by atoms with van der Waals surface area (Å²) in [6, 6.07) is 3.93. The van der Waals surface area contributed by atoms with Crippen molar-refractivity contribution in [1.82, 2.24) is 4.90 Å². The van der Waals surface area contributed by atoms with Crippen molar-refractivity contribution in [3.05, 3.63) is 33.9 Å². The highest BCUT2D eigenvalue weighted by molar-refractivity contribution is 5.73. The molecule has 0 aromatic heterocycles. The summed E-state index contributed by atoms with van der Waals surface area (Å²) in [5, 5.41) is 20.4. The lowest BCUT2D eigenvalue weighted by Gasteiger charge is -2.33. The average molecular weight is 322 g/mol. The van der Waals surface area contributed by atoms with E-state index in [1.807, 2.05) is 18.7 Å². The quantitative estimate of drug-likeness (QED) is 0.639. The van der Waals surface area contributed by atoms with Gasteiger partial charge in [0.25, 0.3) is 5.69 Å². The first kappa shape index (κ1) is 17.2. The summed E-state index contributed by atoms with van der Waals surface area (Å²) >= 11 is 0. The van der Waals surface area contributed by atoms with Gasteiger partial charge >= 0.3 is 5.97 Å². The maximum Gasteiger partial charge on any atom is 0.320 e. The van der Waals surface area contributed by atoms with Crippen LogP contribution in [0, 0.1) is 10.1 Å². The first-order chi connectivity index (χ1) is 10.9. The molecule has 1 fully saturated rings. The Kier molecular flexibility index (Phi) is 5.54. The molecule has 1 saturated heterocycles. The van der Waals surface area contributed by atoms with Gasteiger partial charge in [-0.3, -0.25) is 19.8 Å². The zero-order valence-electron chi connectivity index (χ0n) is 13.4. The van der Waals surface area contributed by atoms with Gasteiger partial charge < -0.3 is 9.84 Å². The average Bonchev–Trinajstić information content (AvgIpc) is 2.48. The Labute approximate surface area is 135 Å². The van der Waals surface area contributed by atoms with Gasteiger partial charge in [-0.05, 0) is 39.3 Å². The largest absolute Gasteiger partial charge is 0.491 e. The number of aliphatic carboxylic acids is 1. The second-order valence-corrected chi connectivity index (χ2v) is 6.04. The number of carbonyl (C=O) groups is 1. The number of carboxylic acids is 1. The number of piperidine rings is 1. The van der Waals surface area contributed by atoms with Gasteiger partial charge in [-0.25, -0.2) is 0 Å². The molecule has 1 heterocycles. The van der Waals surface area contributed by atoms with E-state index in [4.69, 9.17) is 4.74 Å². The third-order valence-corrected chi connectivity index (χ3v) is 3.89. The normalized spacial score (nSPS) is 18.8. The number of carboxylic acid groups (broad SMARTS) is 1. The number of hydrogen-bond donors (Lipinski definition) is 1. The van der Waals surface area contributed by atoms with Crippen LogP contribution in [-0.2, 0) is 11.3 Å². The minimum Gasteiger partial charge on any atom is -0.491 e. The van der Waals surface area contributed by atoms with Crippen LogP contribution in [-0.4, -0.2) is 39.6 Å². The molecule has 1 unspecified atom stereocenters. The number of nitro groups is 1. The Morgan fingerprint density at radius 2 is 2.22 bits per heavy atom. The highest BCUT2D eigenvalue weighted by Crippen LogP contribution is 2.29. The molecule has 1 atom stereocenters. The van der Waals surface area contributed by atoms with Crippen LogP contribution >= 0.6 is 0 Å². The number of ether oxygens (including phenoxy) is 1. The lowest BCUT2D eigenvalue weighted by molar-refractivity contribution is -0.385. The second kappa shape index (κ2) is 7.41. The van der Waals surface area contributed by atoms with Crippen molar-refractivity contribution in [2.24, 2.45) is 0 Å². The molecule has 7 nitrogen and oxygen atoms in total. The lowest BCUT2D eigenvalue weighted by atomic mass is 10.0. The van der Waals surface area contributed by atoms with E-state index >= 15 is 0 Å². The first-order valence-electron chi connectivity index (χ1n) is 7.79. The summed E-state index contributed by atoms with van der Waals surface area (Å²) in [6.45, 7) is 4.76. The monoisotopic (exact) mass is 322 g/mol. The smallest absolute Gasteiger partial charge is 0.320 e. The summed E-state index contributed by atoms with van der Waals surface area (Å²) in [5.41, 5.74) is 0.640. The molecule has 1 N–H and O–H groups in total. The Hall–Kier alpha value is -2.15. The van der Waals surface area contributed by atoms with Crippen LogP contribution in [0.3, 0.4) is 0 Å².